The van der Waals surface area contributed by atoms with Crippen LogP contribution in [-0.4, -0.2) is 49.7 Å². The highest BCUT2D eigenvalue weighted by Gasteiger charge is 2.32. The summed E-state index contributed by atoms with van der Waals surface area (Å²) in [5.74, 6) is -1.15. The minimum atomic E-state index is -4.78. The summed E-state index contributed by atoms with van der Waals surface area (Å²) in [5.41, 5.74) is 0.877. The average Bonchev–Trinajstić information content (AvgIpc) is 2.65. The smallest absolute Gasteiger partial charge is 0.504 e. The summed E-state index contributed by atoms with van der Waals surface area (Å²) in [6.45, 7) is 2.62. The maximum absolute atomic E-state index is 14.1. The molecule has 11 heteroatoms. The normalized spacial score (nSPS) is 15.5. The van der Waals surface area contributed by atoms with Crippen LogP contribution in [0.2, 0.25) is 0 Å². The zero-order valence-corrected chi connectivity index (χ0v) is 17.5. The molecule has 1 atom stereocenters. The number of nitrogens with one attached hydrogen (secondary N) is 1. The molecule has 0 amide bonds. The predicted molar refractivity (Wildman–Crippen MR) is 109 cm³/mol. The third-order valence-electron chi connectivity index (χ3n) is 4.53. The minimum absolute atomic E-state index is 0. The minimum Gasteiger partial charge on any atom is -0.504 e. The first-order valence-electron chi connectivity index (χ1n) is 8.65. The third-order valence-corrected chi connectivity index (χ3v) is 4.53. The maximum Gasteiger partial charge on any atom is 0.573 e. The maximum atomic E-state index is 14.1. The van der Waals surface area contributed by atoms with Crippen molar-refractivity contribution in [3.8, 4) is 17.2 Å². The van der Waals surface area contributed by atoms with Gasteiger partial charge in [0.2, 0.25) is 0 Å². The zero-order valence-electron chi connectivity index (χ0n) is 15.9. The van der Waals surface area contributed by atoms with Crippen molar-refractivity contribution in [2.24, 2.45) is 0 Å². The number of phenols is 1. The Morgan fingerprint density at radius 3 is 2.20 bits per heavy atom. The van der Waals surface area contributed by atoms with Gasteiger partial charge < -0.3 is 19.9 Å². The molecular weight excluding hydrogens is 451 g/mol. The van der Waals surface area contributed by atoms with Crippen LogP contribution in [0.4, 0.5) is 17.6 Å². The Hall–Kier alpha value is -1.94. The molecule has 168 valence electrons. The number of benzene rings is 2. The lowest BCUT2D eigenvalue weighted by Crippen LogP contribution is -2.45. The Balaban J connectivity index is 0.00000225. The molecule has 2 N–H and O–H groups in total. The molecule has 2 aromatic carbocycles. The summed E-state index contributed by atoms with van der Waals surface area (Å²) in [5, 5.41) is 13.8. The van der Waals surface area contributed by atoms with Crippen LogP contribution in [0.1, 0.15) is 17.2 Å². The Labute approximate surface area is 183 Å². The molecular formula is C19H22Cl2F4N2O3. The van der Waals surface area contributed by atoms with E-state index in [-0.39, 0.29) is 47.6 Å². The number of alkyl halides is 3. The SMILES string of the molecule is COc1cc(F)cc([C@@H](c2ccc(OC(F)(F)F)cc2)N2CCNCC2)c1O.Cl.Cl. The van der Waals surface area contributed by atoms with Gasteiger partial charge in [-0.2, -0.15) is 0 Å². The van der Waals surface area contributed by atoms with E-state index in [1.807, 2.05) is 4.90 Å². The van der Waals surface area contributed by atoms with Crippen LogP contribution < -0.4 is 14.8 Å². The van der Waals surface area contributed by atoms with E-state index in [1.165, 1.54) is 37.4 Å². The lowest BCUT2D eigenvalue weighted by molar-refractivity contribution is -0.274. The number of methoxy groups -OCH3 is 1. The fraction of sp³-hybridized carbons (Fsp3) is 0.368. The predicted octanol–water partition coefficient (Wildman–Crippen LogP) is 4.28. The van der Waals surface area contributed by atoms with Gasteiger partial charge in [-0.25, -0.2) is 4.39 Å². The van der Waals surface area contributed by atoms with Crippen LogP contribution in [-0.2, 0) is 0 Å². The Morgan fingerprint density at radius 1 is 1.07 bits per heavy atom. The summed E-state index contributed by atoms with van der Waals surface area (Å²) >= 11 is 0. The van der Waals surface area contributed by atoms with E-state index >= 15 is 0 Å². The molecule has 0 radical (unpaired) electrons. The van der Waals surface area contributed by atoms with Crippen LogP contribution >= 0.6 is 24.8 Å². The number of aromatic hydroxyl groups is 1. The molecule has 3 rings (SSSR count). The van der Waals surface area contributed by atoms with Gasteiger partial charge in [0.25, 0.3) is 0 Å². The van der Waals surface area contributed by atoms with E-state index in [9.17, 15) is 22.7 Å². The second-order valence-electron chi connectivity index (χ2n) is 6.35. The van der Waals surface area contributed by atoms with Gasteiger partial charge in [-0.3, -0.25) is 4.90 Å². The molecule has 0 saturated carbocycles. The highest BCUT2D eigenvalue weighted by molar-refractivity contribution is 5.85. The van der Waals surface area contributed by atoms with Crippen LogP contribution in [0.5, 0.6) is 17.2 Å². The molecule has 1 saturated heterocycles. The number of piperazine rings is 1. The van der Waals surface area contributed by atoms with Crippen molar-refractivity contribution in [1.82, 2.24) is 10.2 Å². The fourth-order valence-corrected chi connectivity index (χ4v) is 3.34. The molecule has 30 heavy (non-hydrogen) atoms. The van der Waals surface area contributed by atoms with Crippen LogP contribution in [0.3, 0.4) is 0 Å². The van der Waals surface area contributed by atoms with Crippen molar-refractivity contribution < 1.29 is 32.1 Å². The topological polar surface area (TPSA) is 54.0 Å². The Kier molecular flexibility index (Phi) is 9.48. The van der Waals surface area contributed by atoms with Crippen molar-refractivity contribution in [2.75, 3.05) is 33.3 Å². The van der Waals surface area contributed by atoms with Crippen molar-refractivity contribution in [3.05, 3.63) is 53.3 Å². The second-order valence-corrected chi connectivity index (χ2v) is 6.35. The van der Waals surface area contributed by atoms with E-state index in [4.69, 9.17) is 4.74 Å². The van der Waals surface area contributed by atoms with Gasteiger partial charge in [-0.05, 0) is 23.8 Å². The van der Waals surface area contributed by atoms with E-state index in [0.29, 0.717) is 31.7 Å². The summed E-state index contributed by atoms with van der Waals surface area (Å²) in [6, 6.07) is 7.08. The lowest BCUT2D eigenvalue weighted by Gasteiger charge is -2.36. The molecule has 1 heterocycles. The van der Waals surface area contributed by atoms with Crippen LogP contribution in [0.25, 0.3) is 0 Å². The molecule has 5 nitrogen and oxygen atoms in total. The molecule has 0 unspecified atom stereocenters. The van der Waals surface area contributed by atoms with Crippen molar-refractivity contribution >= 4 is 24.8 Å². The highest BCUT2D eigenvalue weighted by Crippen LogP contribution is 2.40. The Bertz CT molecular complexity index is 817. The molecule has 0 spiro atoms. The second kappa shape index (κ2) is 10.9. The molecule has 1 aliphatic heterocycles. The highest BCUT2D eigenvalue weighted by atomic mass is 35.5. The fourth-order valence-electron chi connectivity index (χ4n) is 3.34. The van der Waals surface area contributed by atoms with Gasteiger partial charge in [-0.15, -0.1) is 38.0 Å². The molecule has 2 aromatic rings. The molecule has 1 aliphatic rings. The first kappa shape index (κ1) is 26.1. The van der Waals surface area contributed by atoms with Crippen LogP contribution in [0, 0.1) is 5.82 Å². The number of nitrogens with zero attached hydrogens (tertiary/aromatic N) is 1. The standard InChI is InChI=1S/C19H20F4N2O3.2ClH/c1-27-16-11-13(20)10-15(18(16)26)17(25-8-6-24-7-9-25)12-2-4-14(5-3-12)28-19(21,22)23;;/h2-5,10-11,17,24,26H,6-9H2,1H3;2*1H/t17-;;/m1../s1. The molecule has 0 aromatic heterocycles. The van der Waals surface area contributed by atoms with E-state index in [2.05, 4.69) is 10.1 Å². The third kappa shape index (κ3) is 6.28. The summed E-state index contributed by atoms with van der Waals surface area (Å²) in [6.07, 6.45) is -4.78. The molecule has 0 aliphatic carbocycles. The van der Waals surface area contributed by atoms with E-state index in [0.717, 1.165) is 6.07 Å². The van der Waals surface area contributed by atoms with E-state index < -0.39 is 18.2 Å². The molecule has 1 fully saturated rings. The quantitative estimate of drug-likeness (QED) is 0.636. The van der Waals surface area contributed by atoms with Gasteiger partial charge in [0, 0.05) is 37.8 Å². The average molecular weight is 473 g/mol. The van der Waals surface area contributed by atoms with Gasteiger partial charge in [0.1, 0.15) is 11.6 Å². The largest absolute Gasteiger partial charge is 0.573 e. The number of ether oxygens (including phenoxy) is 2. The summed E-state index contributed by atoms with van der Waals surface area (Å²) in [7, 11) is 1.32. The van der Waals surface area contributed by atoms with Crippen molar-refractivity contribution in [2.45, 2.75) is 12.4 Å². The van der Waals surface area contributed by atoms with Gasteiger partial charge in [-0.1, -0.05) is 12.1 Å². The summed E-state index contributed by atoms with van der Waals surface area (Å²) < 4.78 is 60.3. The van der Waals surface area contributed by atoms with Crippen molar-refractivity contribution in [1.29, 1.82) is 0 Å². The number of rotatable bonds is 5. The number of halogens is 6. The van der Waals surface area contributed by atoms with E-state index in [1.54, 1.807) is 0 Å². The number of phenolic OH excluding ortho intramolecular Hbond substituents is 1. The Morgan fingerprint density at radius 2 is 1.67 bits per heavy atom. The summed E-state index contributed by atoms with van der Waals surface area (Å²) in [4.78, 5) is 2.02. The van der Waals surface area contributed by atoms with Gasteiger partial charge in [0.15, 0.2) is 11.5 Å². The zero-order chi connectivity index (χ0) is 20.3. The van der Waals surface area contributed by atoms with Gasteiger partial charge in [0.05, 0.1) is 13.2 Å². The van der Waals surface area contributed by atoms with Crippen LogP contribution in [0.15, 0.2) is 36.4 Å². The van der Waals surface area contributed by atoms with Gasteiger partial charge >= 0.3 is 6.36 Å². The monoisotopic (exact) mass is 472 g/mol. The molecule has 0 bridgehead atoms. The first-order chi connectivity index (χ1) is 13.3. The first-order valence-corrected chi connectivity index (χ1v) is 8.65. The lowest BCUT2D eigenvalue weighted by atomic mass is 9.95. The number of hydrogen-bond donors (Lipinski definition) is 2. The number of hydrogen-bond acceptors (Lipinski definition) is 5. The van der Waals surface area contributed by atoms with Crippen molar-refractivity contribution in [3.63, 3.8) is 0 Å².